The Balaban J connectivity index is 2.09. The minimum absolute atomic E-state index is 0.268. The molecule has 0 radical (unpaired) electrons. The van der Waals surface area contributed by atoms with E-state index in [4.69, 9.17) is 4.42 Å². The summed E-state index contributed by atoms with van der Waals surface area (Å²) in [6.45, 7) is 0. The van der Waals surface area contributed by atoms with E-state index in [1.807, 2.05) is 12.1 Å². The second-order valence-corrected chi connectivity index (χ2v) is 6.65. The molecule has 0 aromatic carbocycles. The van der Waals surface area contributed by atoms with Crippen LogP contribution in [0.25, 0.3) is 0 Å². The fourth-order valence-electron chi connectivity index (χ4n) is 1.72. The van der Waals surface area contributed by atoms with Gasteiger partial charge in [0, 0.05) is 5.92 Å². The average Bonchev–Trinajstić information content (AvgIpc) is 2.52. The van der Waals surface area contributed by atoms with Gasteiger partial charge in [-0.25, -0.2) is 8.42 Å². The predicted molar refractivity (Wildman–Crippen MR) is 57.0 cm³/mol. The van der Waals surface area contributed by atoms with Gasteiger partial charge in [0.2, 0.25) is 0 Å². The Morgan fingerprint density at radius 1 is 1.29 bits per heavy atom. The van der Waals surface area contributed by atoms with Crippen LogP contribution in [0, 0.1) is 0 Å². The molecule has 0 spiro atoms. The van der Waals surface area contributed by atoms with E-state index < -0.39 is 9.84 Å². The minimum Gasteiger partial charge on any atom is -0.454 e. The molecule has 1 aromatic heterocycles. The molecule has 0 bridgehead atoms. The zero-order valence-electron chi connectivity index (χ0n) is 7.57. The second-order valence-electron chi connectivity index (χ2n) is 3.57. The van der Waals surface area contributed by atoms with Gasteiger partial charge < -0.3 is 4.42 Å². The van der Waals surface area contributed by atoms with Crippen LogP contribution in [-0.2, 0) is 9.84 Å². The van der Waals surface area contributed by atoms with Gasteiger partial charge in [-0.15, -0.1) is 0 Å². The molecule has 3 nitrogen and oxygen atoms in total. The summed E-state index contributed by atoms with van der Waals surface area (Å²) in [4.78, 5) is 0. The monoisotopic (exact) mass is 278 g/mol. The Hall–Kier alpha value is -0.290. The maximum atomic E-state index is 11.2. The minimum atomic E-state index is -2.77. The Labute approximate surface area is 91.5 Å². The molecule has 0 unspecified atom stereocenters. The van der Waals surface area contributed by atoms with E-state index >= 15 is 0 Å². The third-order valence-electron chi connectivity index (χ3n) is 2.55. The smallest absolute Gasteiger partial charge is 0.169 e. The van der Waals surface area contributed by atoms with Crippen molar-refractivity contribution in [3.63, 3.8) is 0 Å². The molecule has 0 saturated carbocycles. The molecule has 2 heterocycles. The van der Waals surface area contributed by atoms with Crippen molar-refractivity contribution in [1.82, 2.24) is 0 Å². The molecular weight excluding hydrogens is 268 g/mol. The van der Waals surface area contributed by atoms with E-state index in [1.165, 1.54) is 0 Å². The SMILES string of the molecule is O=S1(=O)CCC(c2ccc(Br)o2)CC1. The fourth-order valence-corrected chi connectivity index (χ4v) is 3.53. The Bertz CT molecular complexity index is 407. The Kier molecular flexibility index (Phi) is 2.70. The normalized spacial score (nSPS) is 22.4. The van der Waals surface area contributed by atoms with E-state index in [0.717, 1.165) is 5.76 Å². The van der Waals surface area contributed by atoms with E-state index in [2.05, 4.69) is 15.9 Å². The van der Waals surface area contributed by atoms with Crippen LogP contribution in [0.4, 0.5) is 0 Å². The first-order chi connectivity index (χ1) is 6.57. The van der Waals surface area contributed by atoms with Crippen molar-refractivity contribution in [2.24, 2.45) is 0 Å². The zero-order valence-corrected chi connectivity index (χ0v) is 9.97. The summed E-state index contributed by atoms with van der Waals surface area (Å²) < 4.78 is 28.5. The van der Waals surface area contributed by atoms with Gasteiger partial charge in [0.25, 0.3) is 0 Å². The quantitative estimate of drug-likeness (QED) is 0.792. The van der Waals surface area contributed by atoms with E-state index in [9.17, 15) is 8.42 Å². The molecule has 1 aromatic rings. The summed E-state index contributed by atoms with van der Waals surface area (Å²) in [7, 11) is -2.77. The highest BCUT2D eigenvalue weighted by Crippen LogP contribution is 2.31. The van der Waals surface area contributed by atoms with Crippen LogP contribution in [-0.4, -0.2) is 19.9 Å². The largest absolute Gasteiger partial charge is 0.454 e. The molecule has 1 aliphatic rings. The maximum Gasteiger partial charge on any atom is 0.169 e. The summed E-state index contributed by atoms with van der Waals surface area (Å²) in [6, 6.07) is 3.76. The molecule has 0 aliphatic carbocycles. The van der Waals surface area contributed by atoms with Crippen LogP contribution in [0.3, 0.4) is 0 Å². The third kappa shape index (κ3) is 2.20. The van der Waals surface area contributed by atoms with Crippen LogP contribution < -0.4 is 0 Å². The van der Waals surface area contributed by atoms with Gasteiger partial charge in [-0.3, -0.25) is 0 Å². The lowest BCUT2D eigenvalue weighted by Crippen LogP contribution is -2.21. The second kappa shape index (κ2) is 3.70. The fraction of sp³-hybridized carbons (Fsp3) is 0.556. The lowest BCUT2D eigenvalue weighted by molar-refractivity contribution is 0.425. The first-order valence-electron chi connectivity index (χ1n) is 4.52. The number of hydrogen-bond donors (Lipinski definition) is 0. The lowest BCUT2D eigenvalue weighted by Gasteiger charge is -2.19. The van der Waals surface area contributed by atoms with Crippen molar-refractivity contribution in [2.75, 3.05) is 11.5 Å². The number of sulfone groups is 1. The van der Waals surface area contributed by atoms with Crippen molar-refractivity contribution in [1.29, 1.82) is 0 Å². The Morgan fingerprint density at radius 3 is 2.43 bits per heavy atom. The van der Waals surface area contributed by atoms with Gasteiger partial charge in [0.15, 0.2) is 4.67 Å². The van der Waals surface area contributed by atoms with Crippen molar-refractivity contribution in [2.45, 2.75) is 18.8 Å². The summed E-state index contributed by atoms with van der Waals surface area (Å²) in [6.07, 6.45) is 1.37. The Morgan fingerprint density at radius 2 is 1.93 bits per heavy atom. The third-order valence-corrected chi connectivity index (χ3v) is 4.69. The highest BCUT2D eigenvalue weighted by Gasteiger charge is 2.26. The van der Waals surface area contributed by atoms with Gasteiger partial charge in [-0.1, -0.05) is 0 Å². The number of hydrogen-bond acceptors (Lipinski definition) is 3. The molecule has 78 valence electrons. The molecule has 1 fully saturated rings. The predicted octanol–water partition coefficient (Wildman–Crippen LogP) is 2.33. The van der Waals surface area contributed by atoms with Gasteiger partial charge in [-0.05, 0) is 40.9 Å². The molecule has 2 rings (SSSR count). The molecule has 0 amide bonds. The molecule has 14 heavy (non-hydrogen) atoms. The zero-order chi connectivity index (χ0) is 10.2. The topological polar surface area (TPSA) is 47.3 Å². The molecule has 0 atom stereocenters. The first-order valence-corrected chi connectivity index (χ1v) is 7.14. The van der Waals surface area contributed by atoms with Crippen LogP contribution in [0.1, 0.15) is 24.5 Å². The van der Waals surface area contributed by atoms with Crippen LogP contribution in [0.5, 0.6) is 0 Å². The lowest BCUT2D eigenvalue weighted by atomic mass is 10.0. The van der Waals surface area contributed by atoms with Crippen LogP contribution in [0.2, 0.25) is 0 Å². The summed E-state index contributed by atoms with van der Waals surface area (Å²) in [5.74, 6) is 1.74. The van der Waals surface area contributed by atoms with Gasteiger partial charge in [0.1, 0.15) is 15.6 Å². The van der Waals surface area contributed by atoms with Gasteiger partial charge >= 0.3 is 0 Å². The molecule has 1 saturated heterocycles. The van der Waals surface area contributed by atoms with Crippen molar-refractivity contribution in [3.05, 3.63) is 22.6 Å². The number of furan rings is 1. The first kappa shape index (κ1) is 10.2. The standard InChI is InChI=1S/C9H11BrO3S/c10-9-2-1-8(13-9)7-3-5-14(11,12)6-4-7/h1-2,7H,3-6H2. The van der Waals surface area contributed by atoms with Crippen molar-refractivity contribution in [3.8, 4) is 0 Å². The molecule has 1 aliphatic heterocycles. The van der Waals surface area contributed by atoms with Gasteiger partial charge in [0.05, 0.1) is 11.5 Å². The van der Waals surface area contributed by atoms with Crippen LogP contribution in [0.15, 0.2) is 21.2 Å². The summed E-state index contributed by atoms with van der Waals surface area (Å²) in [5, 5.41) is 0. The maximum absolute atomic E-state index is 11.2. The van der Waals surface area contributed by atoms with Crippen LogP contribution >= 0.6 is 15.9 Å². The highest BCUT2D eigenvalue weighted by molar-refractivity contribution is 9.10. The molecule has 5 heteroatoms. The molecular formula is C9H11BrO3S. The number of rotatable bonds is 1. The summed E-state index contributed by atoms with van der Waals surface area (Å²) >= 11 is 3.24. The van der Waals surface area contributed by atoms with Crippen molar-refractivity contribution < 1.29 is 12.8 Å². The number of halogens is 1. The average molecular weight is 279 g/mol. The summed E-state index contributed by atoms with van der Waals surface area (Å²) in [5.41, 5.74) is 0. The molecule has 0 N–H and O–H groups in total. The van der Waals surface area contributed by atoms with Crippen molar-refractivity contribution >= 4 is 25.8 Å². The van der Waals surface area contributed by atoms with E-state index in [1.54, 1.807) is 0 Å². The van der Waals surface area contributed by atoms with Gasteiger partial charge in [-0.2, -0.15) is 0 Å². The van der Waals surface area contributed by atoms with E-state index in [0.29, 0.717) is 17.5 Å². The van der Waals surface area contributed by atoms with E-state index in [-0.39, 0.29) is 17.4 Å². The highest BCUT2D eigenvalue weighted by atomic mass is 79.9.